The Morgan fingerprint density at radius 1 is 0.447 bits per heavy atom. The molecule has 0 aliphatic rings. The molecule has 0 saturated heterocycles. The summed E-state index contributed by atoms with van der Waals surface area (Å²) in [5.41, 5.74) is 5.65. The second kappa shape index (κ2) is 25.9. The molecule has 0 unspecified atom stereocenters. The molecule has 4 aromatic carbocycles. The van der Waals surface area contributed by atoms with Gasteiger partial charge in [-0.05, 0) is 96.5 Å². The number of benzene rings is 4. The summed E-state index contributed by atoms with van der Waals surface area (Å²) in [6, 6.07) is 34.3. The summed E-state index contributed by atoms with van der Waals surface area (Å²) in [6.45, 7) is 0.782. The van der Waals surface area contributed by atoms with Gasteiger partial charge in [-0.1, -0.05) is 135 Å². The van der Waals surface area contributed by atoms with Gasteiger partial charge < -0.3 is 9.84 Å². The summed E-state index contributed by atoms with van der Waals surface area (Å²) in [6.07, 6.45) is 13.0. The van der Waals surface area contributed by atoms with Crippen molar-refractivity contribution in [3.63, 3.8) is 0 Å². The number of alkyl halides is 3. The average molecular weight is 826 g/mol. The predicted molar refractivity (Wildman–Crippen MR) is 208 cm³/mol. The molecule has 0 heterocycles. The van der Waals surface area contributed by atoms with Gasteiger partial charge in [-0.25, -0.2) is 0 Å². The highest BCUT2D eigenvalue weighted by atomic mass is 79.9. The van der Waals surface area contributed by atoms with E-state index in [1.54, 1.807) is 24.3 Å². The van der Waals surface area contributed by atoms with Gasteiger partial charge in [-0.15, -0.1) is 0 Å². The number of nitriles is 2. The number of hydrogen-bond donors (Lipinski definition) is 1. The summed E-state index contributed by atoms with van der Waals surface area (Å²) in [5.74, 6) is 1.18. The smallest absolute Gasteiger partial charge is 0.119 e. The Labute approximate surface area is 307 Å². The van der Waals surface area contributed by atoms with Crippen LogP contribution in [0, 0.1) is 22.7 Å². The Morgan fingerprint density at radius 2 is 0.766 bits per heavy atom. The van der Waals surface area contributed by atoms with Gasteiger partial charge in [0.05, 0.1) is 29.9 Å². The number of phenolic OH excluding ortho intramolecular Hbond substituents is 1. The monoisotopic (exact) mass is 822 g/mol. The zero-order chi connectivity index (χ0) is 34.0. The van der Waals surface area contributed by atoms with Crippen molar-refractivity contribution in [1.29, 1.82) is 10.5 Å². The van der Waals surface area contributed by atoms with Gasteiger partial charge >= 0.3 is 0 Å². The molecular formula is C40H45Br3N2O2. The number of hydrogen-bond acceptors (Lipinski definition) is 4. The van der Waals surface area contributed by atoms with E-state index in [4.69, 9.17) is 20.4 Å². The van der Waals surface area contributed by atoms with E-state index in [0.29, 0.717) is 11.1 Å². The van der Waals surface area contributed by atoms with Crippen LogP contribution in [0.1, 0.15) is 75.3 Å². The van der Waals surface area contributed by atoms with Crippen LogP contribution in [0.5, 0.6) is 11.5 Å². The molecule has 0 spiro atoms. The number of rotatable bonds is 16. The third kappa shape index (κ3) is 17.6. The van der Waals surface area contributed by atoms with Crippen LogP contribution < -0.4 is 4.74 Å². The molecule has 0 amide bonds. The molecule has 0 aromatic heterocycles. The van der Waals surface area contributed by atoms with Gasteiger partial charge in [0.15, 0.2) is 0 Å². The SMILES string of the molecule is BrCCCCCCCBr.N#Cc1ccc(-c2ccc(O)cc2)cc1.N#Cc1ccc(-c2ccc(OCCCCCCCBr)cc2)cc1. The van der Waals surface area contributed by atoms with Gasteiger partial charge in [-0.3, -0.25) is 0 Å². The first-order chi connectivity index (χ1) is 23.0. The highest BCUT2D eigenvalue weighted by Gasteiger charge is 2.00. The first-order valence-corrected chi connectivity index (χ1v) is 19.6. The zero-order valence-corrected chi connectivity index (χ0v) is 31.8. The van der Waals surface area contributed by atoms with Crippen LogP contribution in [0.15, 0.2) is 97.1 Å². The molecule has 47 heavy (non-hydrogen) atoms. The van der Waals surface area contributed by atoms with Crippen molar-refractivity contribution in [2.75, 3.05) is 22.6 Å². The van der Waals surface area contributed by atoms with E-state index in [0.717, 1.165) is 46.4 Å². The van der Waals surface area contributed by atoms with Crippen LogP contribution in [0.2, 0.25) is 0 Å². The molecular weight excluding hydrogens is 780 g/mol. The summed E-state index contributed by atoms with van der Waals surface area (Å²) in [5, 5.41) is 30.1. The first-order valence-electron chi connectivity index (χ1n) is 16.3. The van der Waals surface area contributed by atoms with Crippen molar-refractivity contribution in [3.05, 3.63) is 108 Å². The number of unbranched alkanes of at least 4 members (excludes halogenated alkanes) is 8. The van der Waals surface area contributed by atoms with Crippen molar-refractivity contribution in [2.45, 2.75) is 64.2 Å². The van der Waals surface area contributed by atoms with Crippen LogP contribution >= 0.6 is 47.8 Å². The molecule has 0 saturated carbocycles. The maximum atomic E-state index is 9.14. The molecule has 0 bridgehead atoms. The minimum absolute atomic E-state index is 0.257. The lowest BCUT2D eigenvalue weighted by molar-refractivity contribution is 0.304. The number of aromatic hydroxyl groups is 1. The molecule has 248 valence electrons. The fourth-order valence-electron chi connectivity index (χ4n) is 4.51. The van der Waals surface area contributed by atoms with Crippen molar-refractivity contribution in [2.24, 2.45) is 0 Å². The van der Waals surface area contributed by atoms with E-state index in [1.165, 1.54) is 68.4 Å². The van der Waals surface area contributed by atoms with Crippen molar-refractivity contribution >= 4 is 47.8 Å². The largest absolute Gasteiger partial charge is 0.508 e. The molecule has 0 atom stereocenters. The molecule has 0 aliphatic carbocycles. The van der Waals surface area contributed by atoms with Gasteiger partial charge in [0, 0.05) is 16.0 Å². The number of halogens is 3. The van der Waals surface area contributed by atoms with E-state index >= 15 is 0 Å². The van der Waals surface area contributed by atoms with Gasteiger partial charge in [0.1, 0.15) is 11.5 Å². The van der Waals surface area contributed by atoms with Crippen LogP contribution in [0.4, 0.5) is 0 Å². The fourth-order valence-corrected chi connectivity index (χ4v) is 5.70. The molecule has 7 heteroatoms. The van der Waals surface area contributed by atoms with Crippen LogP contribution in [-0.2, 0) is 0 Å². The van der Waals surface area contributed by atoms with Gasteiger partial charge in [-0.2, -0.15) is 10.5 Å². The molecule has 4 nitrogen and oxygen atoms in total. The predicted octanol–water partition coefficient (Wildman–Crippen LogP) is 12.6. The minimum atomic E-state index is 0.257. The van der Waals surface area contributed by atoms with Crippen LogP contribution in [0.25, 0.3) is 22.3 Å². The summed E-state index contributed by atoms with van der Waals surface area (Å²) >= 11 is 10.3. The van der Waals surface area contributed by atoms with Crippen LogP contribution in [-0.4, -0.2) is 27.7 Å². The second-order valence-electron chi connectivity index (χ2n) is 10.9. The average Bonchev–Trinajstić information content (AvgIpc) is 3.12. The normalized spacial score (nSPS) is 9.98. The third-order valence-corrected chi connectivity index (χ3v) is 8.91. The zero-order valence-electron chi connectivity index (χ0n) is 27.0. The standard InChI is InChI=1S/C20H22BrNO.C13H9NO.C7H14Br2/c21-14-4-2-1-3-5-15-23-20-12-10-19(11-13-20)18-8-6-17(16-22)7-9-18;14-9-10-1-3-11(4-2-10)12-5-7-13(15)8-6-12;8-6-4-2-1-3-5-7-9/h6-13H,1-5,14-15H2;1-8,15H;1-7H2. The Morgan fingerprint density at radius 3 is 1.13 bits per heavy atom. The highest BCUT2D eigenvalue weighted by molar-refractivity contribution is 9.09. The van der Waals surface area contributed by atoms with E-state index in [2.05, 4.69) is 72.1 Å². The number of nitrogens with zero attached hydrogens (tertiary/aromatic N) is 2. The van der Waals surface area contributed by atoms with Crippen LogP contribution in [0.3, 0.4) is 0 Å². The summed E-state index contributed by atoms with van der Waals surface area (Å²) in [7, 11) is 0. The minimum Gasteiger partial charge on any atom is -0.508 e. The Balaban J connectivity index is 0.000000274. The molecule has 0 radical (unpaired) electrons. The Bertz CT molecular complexity index is 1440. The van der Waals surface area contributed by atoms with E-state index in [9.17, 15) is 0 Å². The van der Waals surface area contributed by atoms with Gasteiger partial charge in [0.2, 0.25) is 0 Å². The third-order valence-electron chi connectivity index (χ3n) is 7.23. The number of ether oxygens (including phenoxy) is 1. The van der Waals surface area contributed by atoms with Crippen molar-refractivity contribution in [1.82, 2.24) is 0 Å². The summed E-state index contributed by atoms with van der Waals surface area (Å²) < 4.78 is 5.79. The summed E-state index contributed by atoms with van der Waals surface area (Å²) in [4.78, 5) is 0. The Kier molecular flexibility index (Phi) is 22.1. The number of phenols is 1. The molecule has 4 rings (SSSR count). The lowest BCUT2D eigenvalue weighted by Crippen LogP contribution is -1.97. The topological polar surface area (TPSA) is 77.0 Å². The van der Waals surface area contributed by atoms with E-state index in [-0.39, 0.29) is 5.75 Å². The lowest BCUT2D eigenvalue weighted by Gasteiger charge is -2.07. The molecule has 1 N–H and O–H groups in total. The first kappa shape index (κ1) is 40.1. The maximum Gasteiger partial charge on any atom is 0.119 e. The van der Waals surface area contributed by atoms with Gasteiger partial charge in [0.25, 0.3) is 0 Å². The Hall–Kier alpha value is -3.10. The quantitative estimate of drug-likeness (QED) is 0.0902. The van der Waals surface area contributed by atoms with E-state index in [1.807, 2.05) is 60.7 Å². The van der Waals surface area contributed by atoms with E-state index < -0.39 is 0 Å². The molecule has 0 fully saturated rings. The molecule has 0 aliphatic heterocycles. The highest BCUT2D eigenvalue weighted by Crippen LogP contribution is 2.24. The lowest BCUT2D eigenvalue weighted by atomic mass is 10.0. The maximum absolute atomic E-state index is 9.14. The van der Waals surface area contributed by atoms with Crippen molar-refractivity contribution in [3.8, 4) is 45.9 Å². The molecule has 4 aromatic rings. The second-order valence-corrected chi connectivity index (χ2v) is 13.3. The fraction of sp³-hybridized carbons (Fsp3) is 0.350. The van der Waals surface area contributed by atoms with Crippen molar-refractivity contribution < 1.29 is 9.84 Å².